The van der Waals surface area contributed by atoms with Crippen LogP contribution in [0.15, 0.2) is 152 Å². The molecule has 5 aromatic carbocycles. The van der Waals surface area contributed by atoms with E-state index >= 15 is 0 Å². The number of aliphatic hydroxyl groups is 2. The van der Waals surface area contributed by atoms with E-state index in [0.29, 0.717) is 6.61 Å². The molecule has 0 unspecified atom stereocenters. The fourth-order valence-electron chi connectivity index (χ4n) is 7.57. The van der Waals surface area contributed by atoms with Crippen molar-refractivity contribution in [1.29, 1.82) is 0 Å². The largest absolute Gasteiger partial charge is 0.390 e. The first kappa shape index (κ1) is 41.8. The summed E-state index contributed by atoms with van der Waals surface area (Å²) in [5.74, 6) is 0. The molecule has 1 aliphatic heterocycles. The number of rotatable bonds is 19. The van der Waals surface area contributed by atoms with E-state index in [4.69, 9.17) is 37.9 Å². The van der Waals surface area contributed by atoms with Gasteiger partial charge in [0.15, 0.2) is 6.29 Å². The lowest BCUT2D eigenvalue weighted by Crippen LogP contribution is -2.65. The van der Waals surface area contributed by atoms with Gasteiger partial charge in [-0.1, -0.05) is 152 Å². The Balaban J connectivity index is 1.21. The molecule has 1 aliphatic carbocycles. The van der Waals surface area contributed by atoms with E-state index < -0.39 is 61.2 Å². The summed E-state index contributed by atoms with van der Waals surface area (Å²) in [6.45, 7) is 1.42. The molecule has 1 saturated carbocycles. The SMILES string of the molecule is CO[C@H]1O[C@H](COCc2ccccc2)[C@@H](O[C@H]2C[C@@H](O)[C@@H](OCc3ccccc3)[C@H](OCc3ccccc3)[C@H]2OCc2ccccc2)[C@H](OCc2ccccc2)[C@H]1O. The van der Waals surface area contributed by atoms with Crippen LogP contribution in [0.1, 0.15) is 34.2 Å². The third-order valence-corrected chi connectivity index (χ3v) is 10.6. The fourth-order valence-corrected chi connectivity index (χ4v) is 7.57. The summed E-state index contributed by atoms with van der Waals surface area (Å²) in [5.41, 5.74) is 4.82. The van der Waals surface area contributed by atoms with E-state index in [-0.39, 0.29) is 39.5 Å². The summed E-state index contributed by atoms with van der Waals surface area (Å²) in [5, 5.41) is 23.8. The Bertz CT molecular complexity index is 1870. The molecule has 58 heavy (non-hydrogen) atoms. The van der Waals surface area contributed by atoms with Crippen LogP contribution in [0.2, 0.25) is 0 Å². The molecular formula is C48H54O10. The van der Waals surface area contributed by atoms with Crippen LogP contribution in [0, 0.1) is 0 Å². The molecule has 306 valence electrons. The van der Waals surface area contributed by atoms with Gasteiger partial charge in [-0.25, -0.2) is 0 Å². The Hall–Kier alpha value is -4.30. The first-order valence-corrected chi connectivity index (χ1v) is 20.0. The predicted molar refractivity (Wildman–Crippen MR) is 217 cm³/mol. The van der Waals surface area contributed by atoms with Crippen LogP contribution in [0.5, 0.6) is 0 Å². The van der Waals surface area contributed by atoms with Crippen molar-refractivity contribution in [3.8, 4) is 0 Å². The summed E-state index contributed by atoms with van der Waals surface area (Å²) in [6.07, 6.45) is -8.60. The van der Waals surface area contributed by atoms with Gasteiger partial charge in [-0.15, -0.1) is 0 Å². The van der Waals surface area contributed by atoms with Crippen molar-refractivity contribution in [2.75, 3.05) is 13.7 Å². The van der Waals surface area contributed by atoms with Crippen LogP contribution < -0.4 is 0 Å². The van der Waals surface area contributed by atoms with Crippen LogP contribution >= 0.6 is 0 Å². The summed E-state index contributed by atoms with van der Waals surface area (Å²) < 4.78 is 52.0. The number of hydrogen-bond donors (Lipinski definition) is 2. The van der Waals surface area contributed by atoms with Crippen molar-refractivity contribution < 1.29 is 48.1 Å². The molecule has 0 bridgehead atoms. The number of hydrogen-bond acceptors (Lipinski definition) is 10. The van der Waals surface area contributed by atoms with Crippen molar-refractivity contribution in [3.05, 3.63) is 179 Å². The van der Waals surface area contributed by atoms with E-state index in [1.807, 2.05) is 152 Å². The zero-order valence-corrected chi connectivity index (χ0v) is 32.8. The Kier molecular flexibility index (Phi) is 15.6. The zero-order chi connectivity index (χ0) is 39.9. The summed E-state index contributed by atoms with van der Waals surface area (Å²) in [4.78, 5) is 0. The van der Waals surface area contributed by atoms with Gasteiger partial charge >= 0.3 is 0 Å². The molecule has 2 aliphatic rings. The Morgan fingerprint density at radius 1 is 0.483 bits per heavy atom. The molecular weight excluding hydrogens is 737 g/mol. The third kappa shape index (κ3) is 11.5. The van der Waals surface area contributed by atoms with E-state index in [2.05, 4.69) is 0 Å². The molecule has 10 heteroatoms. The lowest BCUT2D eigenvalue weighted by molar-refractivity contribution is -0.329. The maximum absolute atomic E-state index is 12.0. The van der Waals surface area contributed by atoms with Crippen molar-refractivity contribution in [2.24, 2.45) is 0 Å². The summed E-state index contributed by atoms with van der Waals surface area (Å²) in [6, 6.07) is 49.2. The number of benzene rings is 5. The van der Waals surface area contributed by atoms with E-state index in [1.165, 1.54) is 7.11 Å². The smallest absolute Gasteiger partial charge is 0.186 e. The average molecular weight is 791 g/mol. The van der Waals surface area contributed by atoms with Crippen molar-refractivity contribution in [3.63, 3.8) is 0 Å². The first-order valence-electron chi connectivity index (χ1n) is 20.0. The van der Waals surface area contributed by atoms with Crippen LogP contribution in [0.4, 0.5) is 0 Å². The molecule has 10 atom stereocenters. The second-order valence-electron chi connectivity index (χ2n) is 14.8. The fraction of sp³-hybridized carbons (Fsp3) is 0.375. The van der Waals surface area contributed by atoms with Gasteiger partial charge in [-0.3, -0.25) is 0 Å². The van der Waals surface area contributed by atoms with Gasteiger partial charge < -0.3 is 48.1 Å². The molecule has 5 aromatic rings. The molecule has 1 saturated heterocycles. The summed E-state index contributed by atoms with van der Waals surface area (Å²) in [7, 11) is 1.49. The molecule has 0 amide bonds. The van der Waals surface area contributed by atoms with Gasteiger partial charge in [0.2, 0.25) is 0 Å². The molecule has 1 heterocycles. The van der Waals surface area contributed by atoms with Crippen molar-refractivity contribution in [2.45, 2.75) is 101 Å². The molecule has 7 rings (SSSR count). The average Bonchev–Trinajstić information content (AvgIpc) is 3.27. The lowest BCUT2D eigenvalue weighted by Gasteiger charge is -2.49. The van der Waals surface area contributed by atoms with Crippen LogP contribution in [-0.2, 0) is 70.9 Å². The molecule has 10 nitrogen and oxygen atoms in total. The van der Waals surface area contributed by atoms with E-state index in [9.17, 15) is 10.2 Å². The minimum absolute atomic E-state index is 0.110. The molecule has 0 spiro atoms. The Morgan fingerprint density at radius 2 is 0.879 bits per heavy atom. The highest BCUT2D eigenvalue weighted by Gasteiger charge is 2.53. The van der Waals surface area contributed by atoms with Gasteiger partial charge in [-0.05, 0) is 27.8 Å². The minimum atomic E-state index is -1.21. The molecule has 2 N–H and O–H groups in total. The summed E-state index contributed by atoms with van der Waals surface area (Å²) >= 11 is 0. The maximum atomic E-state index is 12.0. The Morgan fingerprint density at radius 3 is 1.33 bits per heavy atom. The first-order chi connectivity index (χ1) is 28.6. The topological polar surface area (TPSA) is 114 Å². The van der Waals surface area contributed by atoms with Crippen LogP contribution in [0.3, 0.4) is 0 Å². The number of aliphatic hydroxyl groups excluding tert-OH is 2. The second-order valence-corrected chi connectivity index (χ2v) is 14.8. The monoisotopic (exact) mass is 790 g/mol. The Labute approximate surface area is 341 Å². The maximum Gasteiger partial charge on any atom is 0.186 e. The normalized spacial score (nSPS) is 27.3. The highest BCUT2D eigenvalue weighted by Crippen LogP contribution is 2.36. The number of ether oxygens (including phenoxy) is 8. The second kappa shape index (κ2) is 21.6. The number of methoxy groups -OCH3 is 1. The third-order valence-electron chi connectivity index (χ3n) is 10.6. The zero-order valence-electron chi connectivity index (χ0n) is 32.8. The van der Waals surface area contributed by atoms with Gasteiger partial charge in [-0.2, -0.15) is 0 Å². The van der Waals surface area contributed by atoms with Gasteiger partial charge in [0, 0.05) is 13.5 Å². The highest BCUT2D eigenvalue weighted by atomic mass is 16.7. The minimum Gasteiger partial charge on any atom is -0.390 e. The van der Waals surface area contributed by atoms with Crippen molar-refractivity contribution >= 4 is 0 Å². The molecule has 2 fully saturated rings. The van der Waals surface area contributed by atoms with Crippen LogP contribution in [-0.4, -0.2) is 85.2 Å². The quantitative estimate of drug-likeness (QED) is 0.0927. The van der Waals surface area contributed by atoms with Gasteiger partial charge in [0.05, 0.1) is 51.8 Å². The van der Waals surface area contributed by atoms with E-state index in [0.717, 1.165) is 27.8 Å². The lowest BCUT2D eigenvalue weighted by atomic mass is 9.85. The van der Waals surface area contributed by atoms with Gasteiger partial charge in [0.1, 0.15) is 42.7 Å². The standard InChI is InChI=1S/C48H54O10/c1-51-48-42(50)46(55-31-37-23-13-5-14-24-37)45(41(58-48)33-52-28-34-17-7-2-8-18-34)57-40-27-39(49)43(53-29-35-19-9-3-10-20-35)47(56-32-38-25-15-6-16-26-38)44(40)54-30-36-21-11-4-12-22-36/h2-26,39-50H,27-33H2,1H3/t39-,40+,41-,42-,43-,44+,45-,46-,47+,48+/m1/s1. The van der Waals surface area contributed by atoms with Gasteiger partial charge in [0.25, 0.3) is 0 Å². The highest BCUT2D eigenvalue weighted by molar-refractivity contribution is 5.17. The van der Waals surface area contributed by atoms with E-state index in [1.54, 1.807) is 0 Å². The van der Waals surface area contributed by atoms with Crippen LogP contribution in [0.25, 0.3) is 0 Å². The predicted octanol–water partition coefficient (Wildman–Crippen LogP) is 6.80. The molecule has 0 aromatic heterocycles. The molecule has 0 radical (unpaired) electrons. The van der Waals surface area contributed by atoms with Crippen molar-refractivity contribution in [1.82, 2.24) is 0 Å².